The molecule has 4 heterocycles. The molecule has 1 amide bonds. The first-order valence-corrected chi connectivity index (χ1v) is 22.5. The molecule has 0 saturated heterocycles. The Labute approximate surface area is 362 Å². The van der Waals surface area contributed by atoms with E-state index < -0.39 is 37.3 Å². The molecule has 0 radical (unpaired) electrons. The van der Waals surface area contributed by atoms with Crippen LogP contribution in [0.3, 0.4) is 0 Å². The molecule has 0 bridgehead atoms. The lowest BCUT2D eigenvalue weighted by molar-refractivity contribution is -0.174. The van der Waals surface area contributed by atoms with Gasteiger partial charge < -0.3 is 10.6 Å². The molecule has 0 aliphatic heterocycles. The van der Waals surface area contributed by atoms with Gasteiger partial charge in [-0.15, -0.1) is 0 Å². The second kappa shape index (κ2) is 18.4. The number of nitrogens with one attached hydrogen (secondary N) is 2. The lowest BCUT2D eigenvalue weighted by Gasteiger charge is -2.17. The predicted octanol–water partition coefficient (Wildman–Crippen LogP) is 4.91. The third-order valence-corrected chi connectivity index (χ3v) is 11.9. The van der Waals surface area contributed by atoms with Gasteiger partial charge in [0.15, 0.2) is 31.2 Å². The van der Waals surface area contributed by atoms with Crippen LogP contribution < -0.4 is 10.6 Å². The molecule has 2 N–H and O–H groups in total. The highest BCUT2D eigenvalue weighted by atomic mass is 35.5. The maximum Gasteiger partial charge on any atom is 0.471 e. The Balaban J connectivity index is 0.000000165. The smallest absolute Gasteiger partial charge is 0.345 e. The van der Waals surface area contributed by atoms with E-state index in [9.17, 15) is 44.4 Å². The number of rotatable bonds is 11. The first kappa shape index (κ1) is 45.9. The molecule has 2 saturated carbocycles. The minimum absolute atomic E-state index is 0.0430. The summed E-state index contributed by atoms with van der Waals surface area (Å²) >= 11 is 5.53. The highest BCUT2D eigenvalue weighted by Gasteiger charge is 2.51. The Morgan fingerprint density at radius 1 is 0.603 bits per heavy atom. The molecule has 6 aromatic rings. The molecule has 63 heavy (non-hydrogen) atoms. The average molecular weight is 923 g/mol. The molecule has 2 fully saturated rings. The van der Waals surface area contributed by atoms with E-state index in [1.165, 1.54) is 86.2 Å². The molecular weight excluding hydrogens is 889 g/mol. The Morgan fingerprint density at radius 2 is 1.00 bits per heavy atom. The number of alkyl halides is 3. The normalized spacial score (nSPS) is 14.6. The fourth-order valence-corrected chi connectivity index (χ4v) is 7.26. The summed E-state index contributed by atoms with van der Waals surface area (Å²) in [5.74, 6) is -2.21. The number of aromatic nitrogens is 8. The fourth-order valence-electron chi connectivity index (χ4n) is 5.82. The standard InChI is InChI=1S/C19H17N5O3S.C12H9ClN2O3S.C9H8F3N3O/c1-28(26,27)16-4-2-3-13(7-16)17(25)14-8-22-18(23-9-14)24-19(5-6-19)15-10-20-12-21-11-15;1-19(17,18)10-4-2-3-8(5-10)11(16)9-6-14-12(13)15-7-9;10-9(11,12)7(16)15-8(1-2-8)6-3-13-5-14-4-6/h2-4,7-12H,5-6H2,1H3,(H,22,23,24);2-7H,1H3;3-5H,1-2H2,(H,15,16). The molecule has 0 unspecified atom stereocenters. The van der Waals surface area contributed by atoms with Crippen LogP contribution in [-0.4, -0.2) is 92.9 Å². The topological polar surface area (TPSA) is 247 Å². The quantitative estimate of drug-likeness (QED) is 0.129. The van der Waals surface area contributed by atoms with Gasteiger partial charge in [-0.05, 0) is 61.5 Å². The van der Waals surface area contributed by atoms with E-state index in [4.69, 9.17) is 11.6 Å². The van der Waals surface area contributed by atoms with Crippen LogP contribution in [0.25, 0.3) is 0 Å². The zero-order valence-electron chi connectivity index (χ0n) is 33.0. The van der Waals surface area contributed by atoms with Crippen LogP contribution in [-0.2, 0) is 35.5 Å². The van der Waals surface area contributed by atoms with E-state index in [-0.39, 0.29) is 54.4 Å². The van der Waals surface area contributed by atoms with Gasteiger partial charge in [-0.3, -0.25) is 14.4 Å². The molecule has 8 rings (SSSR count). The molecule has 17 nitrogen and oxygen atoms in total. The van der Waals surface area contributed by atoms with Crippen molar-refractivity contribution in [1.82, 2.24) is 45.2 Å². The summed E-state index contributed by atoms with van der Waals surface area (Å²) in [4.78, 5) is 67.2. The predicted molar refractivity (Wildman–Crippen MR) is 219 cm³/mol. The molecule has 4 aromatic heterocycles. The van der Waals surface area contributed by atoms with Gasteiger partial charge in [-0.1, -0.05) is 24.3 Å². The lowest BCUT2D eigenvalue weighted by atomic mass is 10.1. The highest BCUT2D eigenvalue weighted by molar-refractivity contribution is 7.91. The van der Waals surface area contributed by atoms with Crippen LogP contribution in [0.1, 0.15) is 68.7 Å². The van der Waals surface area contributed by atoms with Gasteiger partial charge in [-0.25, -0.2) is 56.7 Å². The number of halogens is 4. The van der Waals surface area contributed by atoms with Crippen molar-refractivity contribution in [2.24, 2.45) is 0 Å². The maximum atomic E-state index is 12.6. The number of hydrogen-bond acceptors (Lipinski definition) is 16. The second-order valence-corrected chi connectivity index (χ2v) is 18.7. The monoisotopic (exact) mass is 922 g/mol. The second-order valence-electron chi connectivity index (χ2n) is 14.3. The van der Waals surface area contributed by atoms with Crippen molar-refractivity contribution in [1.29, 1.82) is 0 Å². The zero-order chi connectivity index (χ0) is 45.6. The number of ketones is 2. The van der Waals surface area contributed by atoms with Crippen LogP contribution in [0.15, 0.2) is 121 Å². The largest absolute Gasteiger partial charge is 0.471 e. The van der Waals surface area contributed by atoms with Crippen molar-refractivity contribution in [3.8, 4) is 0 Å². The van der Waals surface area contributed by atoms with Crippen LogP contribution in [0.5, 0.6) is 0 Å². The van der Waals surface area contributed by atoms with Crippen LogP contribution in [0.2, 0.25) is 5.28 Å². The Bertz CT molecular complexity index is 2860. The molecule has 23 heteroatoms. The third-order valence-electron chi connectivity index (χ3n) is 9.53. The van der Waals surface area contributed by atoms with Gasteiger partial charge in [0.2, 0.25) is 11.2 Å². The number of nitrogens with zero attached hydrogens (tertiary/aromatic N) is 8. The van der Waals surface area contributed by atoms with Gasteiger partial charge in [0.05, 0.1) is 32.0 Å². The van der Waals surface area contributed by atoms with Gasteiger partial charge in [0.25, 0.3) is 0 Å². The fraction of sp³-hybridized carbons (Fsp3) is 0.225. The summed E-state index contributed by atoms with van der Waals surface area (Å²) in [6, 6.07) is 11.7. The molecule has 2 aliphatic carbocycles. The number of hydrogen-bond donors (Lipinski definition) is 2. The Morgan fingerprint density at radius 3 is 1.38 bits per heavy atom. The maximum absolute atomic E-state index is 12.6. The van der Waals surface area contributed by atoms with Crippen molar-refractivity contribution in [3.05, 3.63) is 149 Å². The van der Waals surface area contributed by atoms with E-state index in [2.05, 4.69) is 45.2 Å². The Kier molecular flexibility index (Phi) is 13.4. The molecule has 2 aromatic carbocycles. The highest BCUT2D eigenvalue weighted by Crippen LogP contribution is 2.47. The number of carbonyl (C=O) groups excluding carboxylic acids is 3. The average Bonchev–Trinajstić information content (AvgIpc) is 4.22. The number of anilines is 1. The van der Waals surface area contributed by atoms with Crippen molar-refractivity contribution >= 4 is 54.7 Å². The summed E-state index contributed by atoms with van der Waals surface area (Å²) in [6.45, 7) is 0. The van der Waals surface area contributed by atoms with Gasteiger partial charge in [-0.2, -0.15) is 13.2 Å². The molecule has 2 aliphatic rings. The number of benzene rings is 2. The minimum Gasteiger partial charge on any atom is -0.345 e. The zero-order valence-corrected chi connectivity index (χ0v) is 35.4. The summed E-state index contributed by atoms with van der Waals surface area (Å²) < 4.78 is 82.5. The summed E-state index contributed by atoms with van der Waals surface area (Å²) in [5.41, 5.74) is 1.34. The molecular formula is C40H34ClF3N10O7S2. The SMILES string of the molecule is CS(=O)(=O)c1cccc(C(=O)c2cnc(Cl)nc2)c1.CS(=O)(=O)c1cccc(C(=O)c2cnc(NC3(c4cncnc4)CC3)nc2)c1.O=C(NC1(c2cncnc2)CC1)C(F)(F)F. The summed E-state index contributed by atoms with van der Waals surface area (Å²) in [7, 11) is -6.74. The van der Waals surface area contributed by atoms with Gasteiger partial charge in [0.1, 0.15) is 12.7 Å². The van der Waals surface area contributed by atoms with E-state index in [0.717, 1.165) is 30.9 Å². The molecule has 0 atom stereocenters. The molecule has 0 spiro atoms. The van der Waals surface area contributed by atoms with Gasteiger partial charge >= 0.3 is 12.1 Å². The van der Waals surface area contributed by atoms with Crippen molar-refractivity contribution in [2.45, 2.75) is 52.7 Å². The first-order chi connectivity index (χ1) is 29.7. The molecule has 326 valence electrons. The Hall–Kier alpha value is -6.65. The van der Waals surface area contributed by atoms with Crippen molar-refractivity contribution in [3.63, 3.8) is 0 Å². The first-order valence-electron chi connectivity index (χ1n) is 18.4. The van der Waals surface area contributed by atoms with Gasteiger partial charge in [0, 0.05) is 84.3 Å². The summed E-state index contributed by atoms with van der Waals surface area (Å²) in [6.07, 6.45) is 14.7. The number of sulfone groups is 2. The van der Waals surface area contributed by atoms with Crippen molar-refractivity contribution < 1.29 is 44.4 Å². The van der Waals surface area contributed by atoms with Crippen molar-refractivity contribution in [2.75, 3.05) is 17.8 Å². The van der Waals surface area contributed by atoms with E-state index >= 15 is 0 Å². The minimum atomic E-state index is -4.86. The lowest BCUT2D eigenvalue weighted by Crippen LogP contribution is -2.43. The van der Waals surface area contributed by atoms with Crippen LogP contribution >= 0.6 is 11.6 Å². The van der Waals surface area contributed by atoms with E-state index in [1.54, 1.807) is 24.5 Å². The number of amides is 1. The third kappa shape index (κ3) is 11.8. The summed E-state index contributed by atoms with van der Waals surface area (Å²) in [5, 5.41) is 5.31. The van der Waals surface area contributed by atoms with Crippen LogP contribution in [0, 0.1) is 0 Å². The van der Waals surface area contributed by atoms with E-state index in [0.29, 0.717) is 24.4 Å². The number of carbonyl (C=O) groups is 3. The van der Waals surface area contributed by atoms with E-state index in [1.807, 2.05) is 5.32 Å². The van der Waals surface area contributed by atoms with Crippen LogP contribution in [0.4, 0.5) is 19.1 Å².